The Kier molecular flexibility index (Phi) is 4.31. The number of rotatable bonds is 4. The summed E-state index contributed by atoms with van der Waals surface area (Å²) in [7, 11) is 3.70. The van der Waals surface area contributed by atoms with Crippen molar-refractivity contribution in [3.05, 3.63) is 0 Å². The lowest BCUT2D eigenvalue weighted by Gasteiger charge is -2.17. The molecule has 1 fully saturated rings. The van der Waals surface area contributed by atoms with Gasteiger partial charge in [-0.2, -0.15) is 0 Å². The first-order valence-corrected chi connectivity index (χ1v) is 4.95. The Hall–Kier alpha value is -0.650. The molecule has 0 aromatic rings. The summed E-state index contributed by atoms with van der Waals surface area (Å²) < 4.78 is 0. The van der Waals surface area contributed by atoms with Gasteiger partial charge in [0.05, 0.1) is 12.1 Å². The predicted molar refractivity (Wildman–Crippen MR) is 54.0 cm³/mol. The van der Waals surface area contributed by atoms with Crippen LogP contribution in [0, 0.1) is 0 Å². The lowest BCUT2D eigenvalue weighted by Crippen LogP contribution is -2.43. The van der Waals surface area contributed by atoms with E-state index in [0.717, 1.165) is 6.54 Å². The minimum absolute atomic E-state index is 0.0132. The molecule has 1 saturated heterocycles. The first-order chi connectivity index (χ1) is 6.65. The van der Waals surface area contributed by atoms with Gasteiger partial charge < -0.3 is 15.7 Å². The molecule has 0 aliphatic carbocycles. The number of carbonyl (C=O) groups excluding carboxylic acids is 1. The molecule has 1 amide bonds. The molecule has 1 rings (SSSR count). The summed E-state index contributed by atoms with van der Waals surface area (Å²) in [5, 5.41) is 15.1. The second kappa shape index (κ2) is 5.29. The van der Waals surface area contributed by atoms with Crippen LogP contribution in [0.1, 0.15) is 6.42 Å². The van der Waals surface area contributed by atoms with Crippen molar-refractivity contribution in [2.24, 2.45) is 0 Å². The number of hydrogen-bond donors (Lipinski definition) is 3. The minimum atomic E-state index is -0.361. The SMILES string of the molecule is CNCCNC(=O)[C@@H]1C[C@@H](O)CN1C. The highest BCUT2D eigenvalue weighted by Gasteiger charge is 2.32. The zero-order chi connectivity index (χ0) is 10.6. The number of nitrogens with one attached hydrogen (secondary N) is 2. The van der Waals surface area contributed by atoms with Crippen LogP contribution in [0.25, 0.3) is 0 Å². The lowest BCUT2D eigenvalue weighted by atomic mass is 10.2. The molecule has 0 aromatic heterocycles. The fraction of sp³-hybridized carbons (Fsp3) is 0.889. The molecule has 0 bridgehead atoms. The minimum Gasteiger partial charge on any atom is -0.392 e. The number of carbonyl (C=O) groups is 1. The molecule has 1 aliphatic heterocycles. The van der Waals surface area contributed by atoms with E-state index in [-0.39, 0.29) is 18.1 Å². The van der Waals surface area contributed by atoms with Gasteiger partial charge in [0.15, 0.2) is 0 Å². The summed E-state index contributed by atoms with van der Waals surface area (Å²) in [6, 6.07) is -0.165. The Morgan fingerprint density at radius 2 is 2.29 bits per heavy atom. The fourth-order valence-electron chi connectivity index (χ4n) is 1.71. The Bertz CT molecular complexity index is 198. The Labute approximate surface area is 84.5 Å². The van der Waals surface area contributed by atoms with Crippen molar-refractivity contribution in [1.29, 1.82) is 0 Å². The molecule has 14 heavy (non-hydrogen) atoms. The molecule has 0 unspecified atom stereocenters. The third-order valence-electron chi connectivity index (χ3n) is 2.50. The molecule has 0 radical (unpaired) electrons. The van der Waals surface area contributed by atoms with Crippen molar-refractivity contribution < 1.29 is 9.90 Å². The van der Waals surface area contributed by atoms with E-state index < -0.39 is 0 Å². The monoisotopic (exact) mass is 201 g/mol. The predicted octanol–water partition coefficient (Wildman–Crippen LogP) is -1.61. The van der Waals surface area contributed by atoms with E-state index in [1.165, 1.54) is 0 Å². The number of amides is 1. The van der Waals surface area contributed by atoms with E-state index in [4.69, 9.17) is 0 Å². The maximum absolute atomic E-state index is 11.6. The summed E-state index contributed by atoms with van der Waals surface area (Å²) in [5.41, 5.74) is 0. The van der Waals surface area contributed by atoms with Crippen molar-refractivity contribution in [2.45, 2.75) is 18.6 Å². The highest BCUT2D eigenvalue weighted by molar-refractivity contribution is 5.82. The Morgan fingerprint density at radius 3 is 2.79 bits per heavy atom. The molecule has 82 valence electrons. The molecule has 3 N–H and O–H groups in total. The Balaban J connectivity index is 2.30. The average molecular weight is 201 g/mol. The summed E-state index contributed by atoms with van der Waals surface area (Å²) in [5.74, 6) is 0.0132. The molecule has 5 heteroatoms. The molecular formula is C9H19N3O2. The van der Waals surface area contributed by atoms with Crippen molar-refractivity contribution in [3.8, 4) is 0 Å². The van der Waals surface area contributed by atoms with Gasteiger partial charge in [-0.05, 0) is 20.5 Å². The normalized spacial score (nSPS) is 27.9. The number of likely N-dealkylation sites (tertiary alicyclic amines) is 1. The third kappa shape index (κ3) is 2.94. The lowest BCUT2D eigenvalue weighted by molar-refractivity contribution is -0.125. The molecule has 1 aliphatic rings. The van der Waals surface area contributed by atoms with E-state index in [2.05, 4.69) is 10.6 Å². The topological polar surface area (TPSA) is 64.6 Å². The molecule has 1 heterocycles. The van der Waals surface area contributed by atoms with Crippen molar-refractivity contribution in [1.82, 2.24) is 15.5 Å². The van der Waals surface area contributed by atoms with Crippen LogP contribution < -0.4 is 10.6 Å². The van der Waals surface area contributed by atoms with E-state index >= 15 is 0 Å². The number of nitrogens with zero attached hydrogens (tertiary/aromatic N) is 1. The van der Waals surface area contributed by atoms with Gasteiger partial charge in [0.2, 0.25) is 5.91 Å². The van der Waals surface area contributed by atoms with Crippen LogP contribution in [0.4, 0.5) is 0 Å². The maximum Gasteiger partial charge on any atom is 0.237 e. The number of β-amino-alcohol motifs (C(OH)–C–C–N with tert-alkyl or cyclic N) is 1. The highest BCUT2D eigenvalue weighted by atomic mass is 16.3. The molecule has 5 nitrogen and oxygen atoms in total. The second-order valence-electron chi connectivity index (χ2n) is 3.74. The van der Waals surface area contributed by atoms with E-state index in [1.54, 1.807) is 0 Å². The smallest absolute Gasteiger partial charge is 0.237 e. The molecule has 0 saturated carbocycles. The van der Waals surface area contributed by atoms with Crippen LogP contribution in [-0.2, 0) is 4.79 Å². The van der Waals surface area contributed by atoms with Crippen LogP contribution in [0.2, 0.25) is 0 Å². The standard InChI is InChI=1S/C9H19N3O2/c1-10-3-4-11-9(14)8-5-7(13)6-12(8)2/h7-8,10,13H,3-6H2,1-2H3,(H,11,14)/t7-,8+/m1/s1. The summed E-state index contributed by atoms with van der Waals surface area (Å²) in [6.07, 6.45) is 0.182. The van der Waals surface area contributed by atoms with Crippen LogP contribution in [0.3, 0.4) is 0 Å². The average Bonchev–Trinajstić information content (AvgIpc) is 2.45. The van der Waals surface area contributed by atoms with Gasteiger partial charge in [-0.1, -0.05) is 0 Å². The van der Waals surface area contributed by atoms with Crippen LogP contribution >= 0.6 is 0 Å². The first kappa shape index (κ1) is 11.4. The molecular weight excluding hydrogens is 182 g/mol. The van der Waals surface area contributed by atoms with Gasteiger partial charge in [-0.25, -0.2) is 0 Å². The van der Waals surface area contributed by atoms with Gasteiger partial charge in [0.1, 0.15) is 0 Å². The van der Waals surface area contributed by atoms with E-state index in [0.29, 0.717) is 19.5 Å². The highest BCUT2D eigenvalue weighted by Crippen LogP contribution is 2.15. The fourth-order valence-corrected chi connectivity index (χ4v) is 1.71. The second-order valence-corrected chi connectivity index (χ2v) is 3.74. The summed E-state index contributed by atoms with van der Waals surface area (Å²) in [6.45, 7) is 1.99. The van der Waals surface area contributed by atoms with Crippen LogP contribution in [-0.4, -0.2) is 61.8 Å². The molecule has 0 spiro atoms. The van der Waals surface area contributed by atoms with Crippen molar-refractivity contribution in [3.63, 3.8) is 0 Å². The number of hydrogen-bond acceptors (Lipinski definition) is 4. The van der Waals surface area contributed by atoms with Gasteiger partial charge in [0, 0.05) is 19.6 Å². The van der Waals surface area contributed by atoms with Gasteiger partial charge in [0.25, 0.3) is 0 Å². The van der Waals surface area contributed by atoms with Gasteiger partial charge in [-0.15, -0.1) is 0 Å². The zero-order valence-electron chi connectivity index (χ0n) is 8.79. The van der Waals surface area contributed by atoms with E-state index in [1.807, 2.05) is 19.0 Å². The number of aliphatic hydroxyl groups excluding tert-OH is 1. The largest absolute Gasteiger partial charge is 0.392 e. The van der Waals surface area contributed by atoms with Crippen molar-refractivity contribution in [2.75, 3.05) is 33.7 Å². The van der Waals surface area contributed by atoms with Crippen LogP contribution in [0.15, 0.2) is 0 Å². The number of aliphatic hydroxyl groups is 1. The molecule has 0 aromatic carbocycles. The Morgan fingerprint density at radius 1 is 1.57 bits per heavy atom. The zero-order valence-corrected chi connectivity index (χ0v) is 8.79. The number of likely N-dealkylation sites (N-methyl/N-ethyl adjacent to an activating group) is 2. The quantitative estimate of drug-likeness (QED) is 0.479. The van der Waals surface area contributed by atoms with Crippen molar-refractivity contribution >= 4 is 5.91 Å². The van der Waals surface area contributed by atoms with Gasteiger partial charge >= 0.3 is 0 Å². The maximum atomic E-state index is 11.6. The molecule has 2 atom stereocenters. The van der Waals surface area contributed by atoms with Gasteiger partial charge in [-0.3, -0.25) is 9.69 Å². The third-order valence-corrected chi connectivity index (χ3v) is 2.50. The van der Waals surface area contributed by atoms with E-state index in [9.17, 15) is 9.90 Å². The van der Waals surface area contributed by atoms with Crippen LogP contribution in [0.5, 0.6) is 0 Å². The summed E-state index contributed by atoms with van der Waals surface area (Å²) >= 11 is 0. The summed E-state index contributed by atoms with van der Waals surface area (Å²) in [4.78, 5) is 13.5. The first-order valence-electron chi connectivity index (χ1n) is 4.95.